The summed E-state index contributed by atoms with van der Waals surface area (Å²) in [7, 11) is -1.42. The molecule has 2 fully saturated rings. The van der Waals surface area contributed by atoms with Crippen molar-refractivity contribution in [3.05, 3.63) is 18.1 Å². The Bertz CT molecular complexity index is 860. The van der Waals surface area contributed by atoms with E-state index in [0.29, 0.717) is 12.3 Å². The predicted molar refractivity (Wildman–Crippen MR) is 90.5 cm³/mol. The normalized spacial score (nSPS) is 22.5. The molecule has 8 nitrogen and oxygen atoms in total. The van der Waals surface area contributed by atoms with E-state index in [1.807, 2.05) is 13.0 Å². The first-order chi connectivity index (χ1) is 11.5. The highest BCUT2D eigenvalue weighted by atomic mass is 32.2. The first kappa shape index (κ1) is 15.8. The minimum absolute atomic E-state index is 0.00334. The molecule has 1 aliphatic heterocycles. The highest BCUT2D eigenvalue weighted by Gasteiger charge is 2.41. The van der Waals surface area contributed by atoms with Crippen LogP contribution in [0.25, 0.3) is 5.78 Å². The zero-order chi connectivity index (χ0) is 16.9. The third-order valence-corrected chi connectivity index (χ3v) is 7.36. The second-order valence-corrected chi connectivity index (χ2v) is 9.00. The van der Waals surface area contributed by atoms with E-state index < -0.39 is 10.0 Å². The van der Waals surface area contributed by atoms with E-state index in [-0.39, 0.29) is 11.3 Å². The number of piperidine rings is 1. The summed E-state index contributed by atoms with van der Waals surface area (Å²) in [6.07, 6.45) is 4.94. The van der Waals surface area contributed by atoms with Gasteiger partial charge >= 0.3 is 0 Å². The second-order valence-electron chi connectivity index (χ2n) is 6.73. The van der Waals surface area contributed by atoms with Crippen LogP contribution >= 0.6 is 0 Å². The maximum atomic E-state index is 12.5. The minimum Gasteiger partial charge on any atom is -0.355 e. The summed E-state index contributed by atoms with van der Waals surface area (Å²) in [6.45, 7) is 3.48. The number of anilines is 1. The fourth-order valence-electron chi connectivity index (χ4n) is 3.40. The monoisotopic (exact) mass is 350 g/mol. The van der Waals surface area contributed by atoms with Crippen molar-refractivity contribution >= 4 is 21.6 Å². The average Bonchev–Trinajstić information content (AvgIpc) is 3.33. The third kappa shape index (κ3) is 2.65. The molecule has 2 aromatic rings. The summed E-state index contributed by atoms with van der Waals surface area (Å²) < 4.78 is 28.4. The van der Waals surface area contributed by atoms with Gasteiger partial charge in [0.25, 0.3) is 5.78 Å². The van der Waals surface area contributed by atoms with Crippen molar-refractivity contribution < 1.29 is 8.42 Å². The summed E-state index contributed by atoms with van der Waals surface area (Å²) in [5.74, 6) is 1.50. The molecule has 1 atom stereocenters. The van der Waals surface area contributed by atoms with Crippen LogP contribution in [0.2, 0.25) is 0 Å². The van der Waals surface area contributed by atoms with Crippen LogP contribution in [0.1, 0.15) is 31.4 Å². The fourth-order valence-corrected chi connectivity index (χ4v) is 5.19. The van der Waals surface area contributed by atoms with Crippen molar-refractivity contribution in [2.75, 3.05) is 25.0 Å². The Morgan fingerprint density at radius 1 is 1.29 bits per heavy atom. The largest absolute Gasteiger partial charge is 0.355 e. The van der Waals surface area contributed by atoms with Crippen LogP contribution in [0, 0.1) is 6.92 Å². The van der Waals surface area contributed by atoms with E-state index in [0.717, 1.165) is 43.7 Å². The van der Waals surface area contributed by atoms with Gasteiger partial charge in [-0.05, 0) is 32.6 Å². The standard InChI is InChI=1S/C15H22N6O2S/c1-11-8-14(21-15(18-11)16-10-17-21)20-7-3-4-12(9-20)19(2)24(22,23)13-5-6-13/h8,10,12-13H,3-7,9H2,1-2H3. The summed E-state index contributed by atoms with van der Waals surface area (Å²) in [6, 6.07) is 1.98. The molecule has 1 saturated carbocycles. The lowest BCUT2D eigenvalue weighted by Gasteiger charge is -2.38. The molecule has 2 aromatic heterocycles. The molecular weight excluding hydrogens is 328 g/mol. The number of aromatic nitrogens is 4. The highest BCUT2D eigenvalue weighted by Crippen LogP contribution is 2.33. The first-order valence-electron chi connectivity index (χ1n) is 8.36. The molecule has 0 bridgehead atoms. The van der Waals surface area contributed by atoms with Crippen molar-refractivity contribution in [1.29, 1.82) is 0 Å². The van der Waals surface area contributed by atoms with Crippen molar-refractivity contribution in [3.63, 3.8) is 0 Å². The molecule has 1 aliphatic carbocycles. The molecule has 0 radical (unpaired) electrons. The summed E-state index contributed by atoms with van der Waals surface area (Å²) in [5, 5.41) is 4.10. The van der Waals surface area contributed by atoms with Gasteiger partial charge in [0.15, 0.2) is 0 Å². The van der Waals surface area contributed by atoms with Gasteiger partial charge in [0, 0.05) is 37.9 Å². The van der Waals surface area contributed by atoms with Crippen LogP contribution in [-0.4, -0.2) is 63.7 Å². The summed E-state index contributed by atoms with van der Waals surface area (Å²) in [5.41, 5.74) is 0.881. The Labute approximate surface area is 141 Å². The van der Waals surface area contributed by atoms with E-state index in [9.17, 15) is 8.42 Å². The van der Waals surface area contributed by atoms with Crippen molar-refractivity contribution in [3.8, 4) is 0 Å². The molecule has 4 rings (SSSR count). The van der Waals surface area contributed by atoms with Crippen molar-refractivity contribution in [2.24, 2.45) is 0 Å². The van der Waals surface area contributed by atoms with Gasteiger partial charge in [-0.25, -0.2) is 13.4 Å². The zero-order valence-electron chi connectivity index (χ0n) is 14.0. The van der Waals surface area contributed by atoms with Gasteiger partial charge in [-0.1, -0.05) is 0 Å². The van der Waals surface area contributed by atoms with Gasteiger partial charge in [-0.3, -0.25) is 0 Å². The molecule has 24 heavy (non-hydrogen) atoms. The molecule has 1 unspecified atom stereocenters. The molecule has 2 aliphatic rings. The summed E-state index contributed by atoms with van der Waals surface area (Å²) in [4.78, 5) is 10.7. The first-order valence-corrected chi connectivity index (χ1v) is 9.86. The van der Waals surface area contributed by atoms with Gasteiger partial charge in [-0.15, -0.1) is 0 Å². The molecule has 0 N–H and O–H groups in total. The van der Waals surface area contributed by atoms with E-state index in [1.54, 1.807) is 15.9 Å². The number of fused-ring (bicyclic) bond motifs is 1. The van der Waals surface area contributed by atoms with E-state index in [2.05, 4.69) is 20.0 Å². The van der Waals surface area contributed by atoms with Crippen molar-refractivity contribution in [1.82, 2.24) is 23.9 Å². The number of rotatable bonds is 4. The molecule has 0 spiro atoms. The van der Waals surface area contributed by atoms with Crippen molar-refractivity contribution in [2.45, 2.75) is 43.9 Å². The smallest absolute Gasteiger partial charge is 0.254 e. The molecule has 130 valence electrons. The lowest BCUT2D eigenvalue weighted by atomic mass is 10.1. The topological polar surface area (TPSA) is 83.7 Å². The average molecular weight is 350 g/mol. The number of hydrogen-bond donors (Lipinski definition) is 0. The van der Waals surface area contributed by atoms with Crippen LogP contribution < -0.4 is 4.90 Å². The number of likely N-dealkylation sites (N-methyl/N-ethyl adjacent to an activating group) is 1. The molecule has 1 saturated heterocycles. The number of aryl methyl sites for hydroxylation is 1. The van der Waals surface area contributed by atoms with E-state index in [4.69, 9.17) is 0 Å². The van der Waals surface area contributed by atoms with E-state index in [1.165, 1.54) is 6.33 Å². The lowest BCUT2D eigenvalue weighted by molar-refractivity contribution is 0.318. The Morgan fingerprint density at radius 2 is 2.08 bits per heavy atom. The van der Waals surface area contributed by atoms with Gasteiger partial charge in [0.2, 0.25) is 10.0 Å². The van der Waals surface area contributed by atoms with Gasteiger partial charge in [0.05, 0.1) is 5.25 Å². The number of sulfonamides is 1. The van der Waals surface area contributed by atoms with Crippen LogP contribution in [-0.2, 0) is 10.0 Å². The maximum Gasteiger partial charge on any atom is 0.254 e. The van der Waals surface area contributed by atoms with Gasteiger partial charge in [0.1, 0.15) is 12.1 Å². The number of nitrogens with zero attached hydrogens (tertiary/aromatic N) is 6. The lowest BCUT2D eigenvalue weighted by Crippen LogP contribution is -2.49. The fraction of sp³-hybridized carbons (Fsp3) is 0.667. The minimum atomic E-state index is -3.15. The predicted octanol–water partition coefficient (Wildman–Crippen LogP) is 0.826. The molecule has 3 heterocycles. The van der Waals surface area contributed by atoms with Crippen LogP contribution in [0.15, 0.2) is 12.4 Å². The molecule has 0 aromatic carbocycles. The van der Waals surface area contributed by atoms with E-state index >= 15 is 0 Å². The zero-order valence-corrected chi connectivity index (χ0v) is 14.8. The molecule has 9 heteroatoms. The second kappa shape index (κ2) is 5.66. The quantitative estimate of drug-likeness (QED) is 0.812. The van der Waals surface area contributed by atoms with Crippen LogP contribution in [0.3, 0.4) is 0 Å². The number of hydrogen-bond acceptors (Lipinski definition) is 6. The van der Waals surface area contributed by atoms with Gasteiger partial charge in [-0.2, -0.15) is 18.9 Å². The highest BCUT2D eigenvalue weighted by molar-refractivity contribution is 7.90. The SMILES string of the molecule is Cc1cc(N2CCCC(N(C)S(=O)(=O)C3CC3)C2)n2ncnc2n1. The maximum absolute atomic E-state index is 12.5. The molecule has 0 amide bonds. The molecular formula is C15H22N6O2S. The Hall–Kier alpha value is -1.74. The van der Waals surface area contributed by atoms with Crippen LogP contribution in [0.4, 0.5) is 5.82 Å². The Kier molecular flexibility index (Phi) is 3.72. The Balaban J connectivity index is 1.61. The van der Waals surface area contributed by atoms with Crippen LogP contribution in [0.5, 0.6) is 0 Å². The third-order valence-electron chi connectivity index (χ3n) is 4.94. The Morgan fingerprint density at radius 3 is 2.83 bits per heavy atom. The van der Waals surface area contributed by atoms with Gasteiger partial charge < -0.3 is 4.90 Å². The summed E-state index contributed by atoms with van der Waals surface area (Å²) >= 11 is 0.